The smallest absolute Gasteiger partial charge is 0.295 e. The zero-order chi connectivity index (χ0) is 14.6. The number of nitrogens with one attached hydrogen (secondary N) is 2. The minimum Gasteiger partial charge on any atom is -0.361 e. The van der Waals surface area contributed by atoms with E-state index in [-0.39, 0.29) is 10.6 Å². The van der Waals surface area contributed by atoms with Gasteiger partial charge in [0.1, 0.15) is 0 Å². The maximum atomic E-state index is 11.2. The number of nitrogens with zero attached hydrogens (tertiary/aromatic N) is 1. The molecular formula is C12H21N3O4. The van der Waals surface area contributed by atoms with Crippen molar-refractivity contribution >= 4 is 0 Å². The Bertz CT molecular complexity index is 411. The van der Waals surface area contributed by atoms with Crippen LogP contribution in [0.5, 0.6) is 0 Å². The quantitative estimate of drug-likeness (QED) is 0.428. The van der Waals surface area contributed by atoms with E-state index >= 15 is 0 Å². The highest BCUT2D eigenvalue weighted by Crippen LogP contribution is 2.33. The van der Waals surface area contributed by atoms with Crippen molar-refractivity contribution in [2.75, 3.05) is 20.8 Å². The molecular weight excluding hydrogens is 250 g/mol. The summed E-state index contributed by atoms with van der Waals surface area (Å²) >= 11 is 0. The number of allylic oxidation sites excluding steroid dienone is 2. The van der Waals surface area contributed by atoms with Gasteiger partial charge in [0.05, 0.1) is 16.9 Å². The molecule has 1 heterocycles. The highest BCUT2D eigenvalue weighted by atomic mass is 16.7. The summed E-state index contributed by atoms with van der Waals surface area (Å²) in [6.45, 7) is 5.79. The fourth-order valence-electron chi connectivity index (χ4n) is 2.13. The number of hydrogen-bond acceptors (Lipinski definition) is 6. The predicted octanol–water partition coefficient (Wildman–Crippen LogP) is 1.17. The molecule has 0 bridgehead atoms. The van der Waals surface area contributed by atoms with Gasteiger partial charge in [-0.15, -0.1) is 0 Å². The molecule has 108 valence electrons. The van der Waals surface area contributed by atoms with Crippen LogP contribution < -0.4 is 10.6 Å². The Morgan fingerprint density at radius 1 is 1.47 bits per heavy atom. The van der Waals surface area contributed by atoms with Gasteiger partial charge in [0.15, 0.2) is 12.1 Å². The minimum atomic E-state index is -0.642. The van der Waals surface area contributed by atoms with Gasteiger partial charge in [-0.2, -0.15) is 0 Å². The van der Waals surface area contributed by atoms with Crippen LogP contribution >= 0.6 is 0 Å². The van der Waals surface area contributed by atoms with Gasteiger partial charge in [0.25, 0.3) is 5.70 Å². The lowest BCUT2D eigenvalue weighted by atomic mass is 9.86. The van der Waals surface area contributed by atoms with Crippen molar-refractivity contribution in [2.45, 2.75) is 27.1 Å². The second kappa shape index (κ2) is 6.03. The van der Waals surface area contributed by atoms with Gasteiger partial charge in [-0.3, -0.25) is 10.1 Å². The monoisotopic (exact) mass is 271 g/mol. The largest absolute Gasteiger partial charge is 0.361 e. The van der Waals surface area contributed by atoms with Crippen molar-refractivity contribution in [1.29, 1.82) is 0 Å². The Labute approximate surface area is 112 Å². The maximum absolute atomic E-state index is 11.2. The van der Waals surface area contributed by atoms with Crippen molar-refractivity contribution in [3.63, 3.8) is 0 Å². The summed E-state index contributed by atoms with van der Waals surface area (Å²) in [5, 5.41) is 17.2. The Kier molecular flexibility index (Phi) is 4.90. The first-order chi connectivity index (χ1) is 8.81. The van der Waals surface area contributed by atoms with E-state index in [1.165, 1.54) is 14.2 Å². The molecule has 19 heavy (non-hydrogen) atoms. The number of methoxy groups -OCH3 is 2. The van der Waals surface area contributed by atoms with Gasteiger partial charge in [-0.05, 0) is 26.8 Å². The van der Waals surface area contributed by atoms with E-state index in [1.807, 2.05) is 13.0 Å². The van der Waals surface area contributed by atoms with E-state index in [0.29, 0.717) is 12.4 Å². The normalized spacial score (nSPS) is 18.1. The van der Waals surface area contributed by atoms with Gasteiger partial charge in [-0.25, -0.2) is 0 Å². The molecule has 0 aromatic rings. The molecule has 0 aromatic carbocycles. The van der Waals surface area contributed by atoms with Crippen LogP contribution in [-0.4, -0.2) is 32.0 Å². The van der Waals surface area contributed by atoms with Gasteiger partial charge in [0.2, 0.25) is 0 Å². The molecule has 0 unspecified atom stereocenters. The van der Waals surface area contributed by atoms with Crippen LogP contribution in [0, 0.1) is 15.5 Å². The lowest BCUT2D eigenvalue weighted by molar-refractivity contribution is -0.439. The van der Waals surface area contributed by atoms with E-state index in [2.05, 4.69) is 10.6 Å². The molecule has 0 aromatic heterocycles. The summed E-state index contributed by atoms with van der Waals surface area (Å²) in [5.74, 6) is 0.383. The van der Waals surface area contributed by atoms with E-state index in [4.69, 9.17) is 9.47 Å². The molecule has 2 N–H and O–H groups in total. The molecule has 1 rings (SSSR count). The van der Waals surface area contributed by atoms with E-state index in [0.717, 1.165) is 5.70 Å². The molecule has 0 aliphatic carbocycles. The first-order valence-electron chi connectivity index (χ1n) is 5.97. The maximum Gasteiger partial charge on any atom is 0.295 e. The van der Waals surface area contributed by atoms with Crippen molar-refractivity contribution < 1.29 is 14.4 Å². The van der Waals surface area contributed by atoms with Gasteiger partial charge in [-0.1, -0.05) is 0 Å². The predicted molar refractivity (Wildman–Crippen MR) is 70.5 cm³/mol. The summed E-state index contributed by atoms with van der Waals surface area (Å²) < 4.78 is 10.1. The highest BCUT2D eigenvalue weighted by molar-refractivity contribution is 5.28. The zero-order valence-electron chi connectivity index (χ0n) is 11.9. The van der Waals surface area contributed by atoms with Crippen molar-refractivity contribution in [3.8, 4) is 0 Å². The molecule has 0 radical (unpaired) electrons. The summed E-state index contributed by atoms with van der Waals surface area (Å²) in [5.41, 5.74) is 0.324. The SMILES string of the molecule is COC(CNC1=C([N+](=O)[O-])C(C)(C)C=C(C)N1)OC. The third-order valence-electron chi connectivity index (χ3n) is 2.90. The standard InChI is InChI=1S/C12H21N3O4/c1-8-6-12(2,3)10(15(16)17)11(14-8)13-7-9(18-4)19-5/h6,9,13-14H,7H2,1-5H3. The van der Waals surface area contributed by atoms with Crippen LogP contribution in [0.4, 0.5) is 0 Å². The Morgan fingerprint density at radius 3 is 2.53 bits per heavy atom. The Balaban J connectivity index is 2.95. The van der Waals surface area contributed by atoms with Gasteiger partial charge in [0, 0.05) is 19.9 Å². The van der Waals surface area contributed by atoms with Crippen LogP contribution in [-0.2, 0) is 9.47 Å². The third-order valence-corrected chi connectivity index (χ3v) is 2.90. The average Bonchev–Trinajstić information content (AvgIpc) is 2.27. The molecule has 7 heteroatoms. The molecule has 0 amide bonds. The summed E-state index contributed by atoms with van der Waals surface area (Å²) in [6.07, 6.45) is 1.37. The number of hydrogen-bond donors (Lipinski definition) is 2. The highest BCUT2D eigenvalue weighted by Gasteiger charge is 2.38. The second-order valence-electron chi connectivity index (χ2n) is 4.94. The van der Waals surface area contributed by atoms with Gasteiger partial charge < -0.3 is 20.1 Å². The molecule has 1 aliphatic rings. The zero-order valence-corrected chi connectivity index (χ0v) is 11.9. The number of nitro groups is 1. The van der Waals surface area contributed by atoms with Crippen LogP contribution in [0.25, 0.3) is 0 Å². The summed E-state index contributed by atoms with van der Waals surface area (Å²) in [7, 11) is 3.03. The number of dihydropyridines is 1. The van der Waals surface area contributed by atoms with Crippen LogP contribution in [0.1, 0.15) is 20.8 Å². The lowest BCUT2D eigenvalue weighted by Gasteiger charge is -2.28. The topological polar surface area (TPSA) is 85.7 Å². The average molecular weight is 271 g/mol. The Morgan fingerprint density at radius 2 is 2.05 bits per heavy atom. The molecule has 0 saturated carbocycles. The number of rotatable bonds is 6. The van der Waals surface area contributed by atoms with E-state index < -0.39 is 11.7 Å². The first kappa shape index (κ1) is 15.5. The second-order valence-corrected chi connectivity index (χ2v) is 4.94. The fraction of sp³-hybridized carbons (Fsp3) is 0.667. The van der Waals surface area contributed by atoms with E-state index in [9.17, 15) is 10.1 Å². The Hall–Kier alpha value is -1.60. The fourth-order valence-corrected chi connectivity index (χ4v) is 2.13. The van der Waals surface area contributed by atoms with Crippen LogP contribution in [0.15, 0.2) is 23.3 Å². The molecule has 0 atom stereocenters. The molecule has 0 spiro atoms. The third kappa shape index (κ3) is 3.68. The minimum absolute atomic E-state index is 0.101. The van der Waals surface area contributed by atoms with Crippen molar-refractivity contribution in [2.24, 2.45) is 5.41 Å². The number of ether oxygens (including phenoxy) is 2. The van der Waals surface area contributed by atoms with Crippen LogP contribution in [0.2, 0.25) is 0 Å². The van der Waals surface area contributed by atoms with Crippen molar-refractivity contribution in [3.05, 3.63) is 33.4 Å². The first-order valence-corrected chi connectivity index (χ1v) is 5.97. The summed E-state index contributed by atoms with van der Waals surface area (Å²) in [4.78, 5) is 10.9. The van der Waals surface area contributed by atoms with Gasteiger partial charge >= 0.3 is 0 Å². The van der Waals surface area contributed by atoms with E-state index in [1.54, 1.807) is 13.8 Å². The lowest BCUT2D eigenvalue weighted by Crippen LogP contribution is -2.40. The summed E-state index contributed by atoms with van der Waals surface area (Å²) in [6, 6.07) is 0. The van der Waals surface area contributed by atoms with Crippen LogP contribution in [0.3, 0.4) is 0 Å². The van der Waals surface area contributed by atoms with Crippen molar-refractivity contribution in [1.82, 2.24) is 10.6 Å². The molecule has 1 aliphatic heterocycles. The molecule has 0 saturated heterocycles. The molecule has 0 fully saturated rings. The molecule has 7 nitrogen and oxygen atoms in total.